The van der Waals surface area contributed by atoms with E-state index in [1.54, 1.807) is 37.3 Å². The number of imide groups is 1. The zero-order valence-corrected chi connectivity index (χ0v) is 16.1. The van der Waals surface area contributed by atoms with E-state index in [4.69, 9.17) is 11.6 Å². The minimum atomic E-state index is -1.20. The van der Waals surface area contributed by atoms with Gasteiger partial charge in [-0.25, -0.2) is 4.79 Å². The van der Waals surface area contributed by atoms with E-state index in [0.717, 1.165) is 16.0 Å². The van der Waals surface area contributed by atoms with Crippen LogP contribution in [0.25, 0.3) is 0 Å². The number of hydrogen-bond donors (Lipinski definition) is 2. The molecular weight excluding hydrogens is 366 g/mol. The average molecular weight is 386 g/mol. The first-order chi connectivity index (χ1) is 12.7. The fraction of sp³-hybridized carbons (Fsp3) is 0.250. The lowest BCUT2D eigenvalue weighted by Crippen LogP contribution is -2.42. The fourth-order valence-corrected chi connectivity index (χ4v) is 3.12. The minimum Gasteiger partial charge on any atom is -0.324 e. The molecule has 0 radical (unpaired) electrons. The highest BCUT2D eigenvalue weighted by Gasteiger charge is 2.49. The van der Waals surface area contributed by atoms with E-state index in [1.165, 1.54) is 0 Å². The van der Waals surface area contributed by atoms with Crippen LogP contribution in [0, 0.1) is 13.8 Å². The van der Waals surface area contributed by atoms with Gasteiger partial charge in [0.15, 0.2) is 0 Å². The van der Waals surface area contributed by atoms with Gasteiger partial charge < -0.3 is 10.6 Å². The SMILES string of the molecule is Cc1ccc(C2(C)NC(=O)N(CC(=O)Nc3ccc(C)c(Cl)c3)C2=O)cc1. The summed E-state index contributed by atoms with van der Waals surface area (Å²) in [5.41, 5.74) is 1.91. The van der Waals surface area contributed by atoms with E-state index in [9.17, 15) is 14.4 Å². The van der Waals surface area contributed by atoms with Crippen molar-refractivity contribution < 1.29 is 14.4 Å². The van der Waals surface area contributed by atoms with Crippen LogP contribution in [0.2, 0.25) is 5.02 Å². The highest BCUT2D eigenvalue weighted by atomic mass is 35.5. The van der Waals surface area contributed by atoms with Crippen molar-refractivity contribution in [1.82, 2.24) is 10.2 Å². The van der Waals surface area contributed by atoms with Crippen molar-refractivity contribution in [2.45, 2.75) is 26.3 Å². The fourth-order valence-electron chi connectivity index (χ4n) is 2.94. The number of anilines is 1. The molecule has 7 heteroatoms. The van der Waals surface area contributed by atoms with Crippen LogP contribution in [0.3, 0.4) is 0 Å². The van der Waals surface area contributed by atoms with E-state index in [2.05, 4.69) is 10.6 Å². The summed E-state index contributed by atoms with van der Waals surface area (Å²) in [5, 5.41) is 5.87. The summed E-state index contributed by atoms with van der Waals surface area (Å²) in [5.74, 6) is -0.944. The second-order valence-corrected chi connectivity index (χ2v) is 7.23. The zero-order chi connectivity index (χ0) is 19.8. The molecule has 2 aromatic rings. The predicted molar refractivity (Wildman–Crippen MR) is 104 cm³/mol. The standard InChI is InChI=1S/C20H20ClN3O3/c1-12-4-7-14(8-5-12)20(3)18(26)24(19(27)23-20)11-17(25)22-15-9-6-13(2)16(21)10-15/h4-10H,11H2,1-3H3,(H,22,25)(H,23,27). The minimum absolute atomic E-state index is 0.377. The molecule has 0 aliphatic carbocycles. The van der Waals surface area contributed by atoms with Gasteiger partial charge in [0.2, 0.25) is 5.91 Å². The Labute approximate surface area is 162 Å². The van der Waals surface area contributed by atoms with Crippen LogP contribution < -0.4 is 10.6 Å². The molecule has 1 unspecified atom stereocenters. The summed E-state index contributed by atoms with van der Waals surface area (Å²) in [6, 6.07) is 11.8. The van der Waals surface area contributed by atoms with Crippen molar-refractivity contribution in [3.8, 4) is 0 Å². The van der Waals surface area contributed by atoms with Crippen molar-refractivity contribution in [2.24, 2.45) is 0 Å². The molecule has 6 nitrogen and oxygen atoms in total. The molecule has 0 bridgehead atoms. The van der Waals surface area contributed by atoms with Gasteiger partial charge in [-0.1, -0.05) is 47.5 Å². The first kappa shape index (κ1) is 18.9. The number of rotatable bonds is 4. The Morgan fingerprint density at radius 1 is 1.15 bits per heavy atom. The molecule has 27 heavy (non-hydrogen) atoms. The maximum Gasteiger partial charge on any atom is 0.325 e. The lowest BCUT2D eigenvalue weighted by Gasteiger charge is -2.22. The summed E-state index contributed by atoms with van der Waals surface area (Å²) in [6.45, 7) is 5.05. The van der Waals surface area contributed by atoms with Crippen LogP contribution in [-0.4, -0.2) is 29.3 Å². The molecule has 4 amide bonds. The summed E-state index contributed by atoms with van der Waals surface area (Å²) in [6.07, 6.45) is 0. The number of nitrogens with zero attached hydrogens (tertiary/aromatic N) is 1. The Morgan fingerprint density at radius 3 is 2.44 bits per heavy atom. The van der Waals surface area contributed by atoms with Gasteiger partial charge in [-0.2, -0.15) is 0 Å². The van der Waals surface area contributed by atoms with E-state index in [0.29, 0.717) is 16.3 Å². The second-order valence-electron chi connectivity index (χ2n) is 6.82. The van der Waals surface area contributed by atoms with Crippen LogP contribution in [-0.2, 0) is 15.1 Å². The van der Waals surface area contributed by atoms with Gasteiger partial charge in [0.25, 0.3) is 5.91 Å². The van der Waals surface area contributed by atoms with E-state index >= 15 is 0 Å². The maximum atomic E-state index is 12.9. The quantitative estimate of drug-likeness (QED) is 0.792. The third-order valence-electron chi connectivity index (χ3n) is 4.66. The zero-order valence-electron chi connectivity index (χ0n) is 15.3. The van der Waals surface area contributed by atoms with Crippen LogP contribution in [0.1, 0.15) is 23.6 Å². The third-order valence-corrected chi connectivity index (χ3v) is 5.07. The van der Waals surface area contributed by atoms with Gasteiger partial charge in [-0.3, -0.25) is 14.5 Å². The second kappa shape index (κ2) is 7.04. The van der Waals surface area contributed by atoms with E-state index in [1.807, 2.05) is 26.0 Å². The van der Waals surface area contributed by atoms with Crippen LogP contribution >= 0.6 is 11.6 Å². The molecule has 140 valence electrons. The molecule has 1 heterocycles. The topological polar surface area (TPSA) is 78.5 Å². The molecule has 2 N–H and O–H groups in total. The summed E-state index contributed by atoms with van der Waals surface area (Å²) in [7, 11) is 0. The highest BCUT2D eigenvalue weighted by Crippen LogP contribution is 2.29. The molecule has 1 atom stereocenters. The van der Waals surface area contributed by atoms with Crippen LogP contribution in [0.15, 0.2) is 42.5 Å². The normalized spacial score (nSPS) is 19.2. The molecule has 1 saturated heterocycles. The number of carbonyl (C=O) groups is 3. The number of urea groups is 1. The van der Waals surface area contributed by atoms with Gasteiger partial charge in [0.1, 0.15) is 12.1 Å². The predicted octanol–water partition coefficient (Wildman–Crippen LogP) is 3.36. The van der Waals surface area contributed by atoms with E-state index in [-0.39, 0.29) is 6.54 Å². The Bertz CT molecular complexity index is 927. The van der Waals surface area contributed by atoms with Crippen molar-refractivity contribution in [1.29, 1.82) is 0 Å². The molecular formula is C20H20ClN3O3. The molecule has 0 spiro atoms. The maximum absolute atomic E-state index is 12.9. The van der Waals surface area contributed by atoms with E-state index < -0.39 is 23.4 Å². The number of carbonyl (C=O) groups excluding carboxylic acids is 3. The van der Waals surface area contributed by atoms with Crippen molar-refractivity contribution in [3.63, 3.8) is 0 Å². The lowest BCUT2D eigenvalue weighted by atomic mass is 9.91. The Kier molecular flexibility index (Phi) is 4.93. The summed E-state index contributed by atoms with van der Waals surface area (Å²) < 4.78 is 0. The van der Waals surface area contributed by atoms with Gasteiger partial charge in [0.05, 0.1) is 0 Å². The van der Waals surface area contributed by atoms with Gasteiger partial charge in [-0.05, 0) is 44.0 Å². The average Bonchev–Trinajstić information content (AvgIpc) is 2.83. The van der Waals surface area contributed by atoms with Crippen molar-refractivity contribution in [2.75, 3.05) is 11.9 Å². The van der Waals surface area contributed by atoms with Crippen LogP contribution in [0.4, 0.5) is 10.5 Å². The largest absolute Gasteiger partial charge is 0.325 e. The van der Waals surface area contributed by atoms with Gasteiger partial charge in [-0.15, -0.1) is 0 Å². The lowest BCUT2D eigenvalue weighted by molar-refractivity contribution is -0.133. The number of halogens is 1. The monoisotopic (exact) mass is 385 g/mol. The highest BCUT2D eigenvalue weighted by molar-refractivity contribution is 6.31. The summed E-state index contributed by atoms with van der Waals surface area (Å²) >= 11 is 6.05. The number of nitrogens with one attached hydrogen (secondary N) is 2. The van der Waals surface area contributed by atoms with Crippen molar-refractivity contribution in [3.05, 3.63) is 64.2 Å². The van der Waals surface area contributed by atoms with Gasteiger partial charge in [0, 0.05) is 10.7 Å². The third kappa shape index (κ3) is 3.66. The molecule has 1 aliphatic rings. The molecule has 1 fully saturated rings. The number of hydrogen-bond acceptors (Lipinski definition) is 3. The molecule has 0 saturated carbocycles. The van der Waals surface area contributed by atoms with Crippen LogP contribution in [0.5, 0.6) is 0 Å². The Morgan fingerprint density at radius 2 is 1.81 bits per heavy atom. The Hall–Kier alpha value is -2.86. The number of benzene rings is 2. The number of amides is 4. The smallest absolute Gasteiger partial charge is 0.324 e. The van der Waals surface area contributed by atoms with Crippen molar-refractivity contribution >= 4 is 35.1 Å². The molecule has 2 aromatic carbocycles. The molecule has 0 aromatic heterocycles. The first-order valence-corrected chi connectivity index (χ1v) is 8.86. The first-order valence-electron chi connectivity index (χ1n) is 8.48. The molecule has 1 aliphatic heterocycles. The Balaban J connectivity index is 1.74. The molecule has 3 rings (SSSR count). The number of aryl methyl sites for hydroxylation is 2. The summed E-state index contributed by atoms with van der Waals surface area (Å²) in [4.78, 5) is 38.4. The van der Waals surface area contributed by atoms with Gasteiger partial charge >= 0.3 is 6.03 Å².